The van der Waals surface area contributed by atoms with Crippen LogP contribution in [0.4, 0.5) is 4.39 Å². The van der Waals surface area contributed by atoms with Crippen molar-refractivity contribution in [1.29, 1.82) is 0 Å². The van der Waals surface area contributed by atoms with Gasteiger partial charge in [-0.15, -0.1) is 0 Å². The molecule has 0 aromatic heterocycles. The molecule has 2 rings (SSSR count). The van der Waals surface area contributed by atoms with Crippen LogP contribution < -0.4 is 5.32 Å². The number of carbonyl (C=O) groups is 1. The van der Waals surface area contributed by atoms with Crippen LogP contribution in [0.15, 0.2) is 22.7 Å². The first-order valence-corrected chi connectivity index (χ1v) is 6.21. The third-order valence-electron chi connectivity index (χ3n) is 2.76. The van der Waals surface area contributed by atoms with E-state index in [1.807, 2.05) is 0 Å². The molecule has 1 aliphatic heterocycles. The van der Waals surface area contributed by atoms with E-state index in [9.17, 15) is 9.18 Å². The molecule has 0 aliphatic carbocycles. The van der Waals surface area contributed by atoms with Crippen LogP contribution in [0.3, 0.4) is 0 Å². The zero-order valence-electron chi connectivity index (χ0n) is 9.37. The normalized spacial score (nSPS) is 23.7. The Bertz CT molecular complexity index is 439. The molecule has 0 spiro atoms. The number of rotatable bonds is 2. The number of carbonyl (C=O) groups excluding carboxylic acids is 1. The van der Waals surface area contributed by atoms with Crippen molar-refractivity contribution in [2.24, 2.45) is 0 Å². The van der Waals surface area contributed by atoms with E-state index in [0.717, 1.165) is 10.0 Å². The molecule has 1 N–H and O–H groups in total. The lowest BCUT2D eigenvalue weighted by molar-refractivity contribution is -0.145. The minimum atomic E-state index is -0.282. The van der Waals surface area contributed by atoms with Gasteiger partial charge in [0.1, 0.15) is 11.9 Å². The first-order valence-electron chi connectivity index (χ1n) is 5.42. The van der Waals surface area contributed by atoms with E-state index in [0.29, 0.717) is 13.0 Å². The molecule has 0 saturated carbocycles. The van der Waals surface area contributed by atoms with Gasteiger partial charge >= 0.3 is 5.97 Å². The average Bonchev–Trinajstić information content (AvgIpc) is 2.69. The summed E-state index contributed by atoms with van der Waals surface area (Å²) in [5, 5.41) is 3.22. The summed E-state index contributed by atoms with van der Waals surface area (Å²) in [4.78, 5) is 10.8. The van der Waals surface area contributed by atoms with Gasteiger partial charge in [-0.25, -0.2) is 4.39 Å². The molecule has 0 radical (unpaired) electrons. The Morgan fingerprint density at radius 1 is 1.59 bits per heavy atom. The predicted octanol–water partition coefficient (Wildman–Crippen LogP) is 2.55. The van der Waals surface area contributed by atoms with E-state index in [1.165, 1.54) is 19.1 Å². The zero-order chi connectivity index (χ0) is 12.4. The van der Waals surface area contributed by atoms with Crippen LogP contribution in [0.2, 0.25) is 0 Å². The molecule has 1 heterocycles. The molecule has 1 fully saturated rings. The van der Waals surface area contributed by atoms with Gasteiger partial charge in [0.05, 0.1) is 0 Å². The molecule has 2 atom stereocenters. The fourth-order valence-electron chi connectivity index (χ4n) is 2.05. The molecule has 3 nitrogen and oxygen atoms in total. The maximum atomic E-state index is 13.2. The number of nitrogens with one attached hydrogen (secondary N) is 1. The van der Waals surface area contributed by atoms with Crippen molar-refractivity contribution >= 4 is 21.9 Å². The van der Waals surface area contributed by atoms with Gasteiger partial charge in [0, 0.05) is 30.4 Å². The summed E-state index contributed by atoms with van der Waals surface area (Å²) in [6, 6.07) is 4.61. The Kier molecular flexibility index (Phi) is 3.79. The lowest BCUT2D eigenvalue weighted by Gasteiger charge is -2.13. The quantitative estimate of drug-likeness (QED) is 0.853. The second-order valence-corrected chi connectivity index (χ2v) is 4.95. The Morgan fingerprint density at radius 3 is 3.06 bits per heavy atom. The third kappa shape index (κ3) is 3.04. The molecule has 1 aromatic carbocycles. The first-order chi connectivity index (χ1) is 8.06. The number of esters is 1. The monoisotopic (exact) mass is 301 g/mol. The minimum Gasteiger partial charge on any atom is -0.461 e. The summed E-state index contributed by atoms with van der Waals surface area (Å²) in [7, 11) is 0. The van der Waals surface area contributed by atoms with Gasteiger partial charge in [-0.05, 0) is 23.8 Å². The highest BCUT2D eigenvalue weighted by atomic mass is 79.9. The number of benzene rings is 1. The smallest absolute Gasteiger partial charge is 0.302 e. The van der Waals surface area contributed by atoms with Gasteiger partial charge in [0.2, 0.25) is 0 Å². The molecular formula is C12H13BrFNO2. The van der Waals surface area contributed by atoms with Crippen molar-refractivity contribution in [3.05, 3.63) is 34.1 Å². The summed E-state index contributed by atoms with van der Waals surface area (Å²) in [5.74, 6) is -0.545. The number of hydrogen-bond acceptors (Lipinski definition) is 3. The highest BCUT2D eigenvalue weighted by molar-refractivity contribution is 9.10. The van der Waals surface area contributed by atoms with Gasteiger partial charge < -0.3 is 10.1 Å². The van der Waals surface area contributed by atoms with Gasteiger partial charge in [-0.1, -0.05) is 15.9 Å². The van der Waals surface area contributed by atoms with Gasteiger partial charge in [0.15, 0.2) is 0 Å². The van der Waals surface area contributed by atoms with Crippen LogP contribution in [-0.2, 0) is 9.53 Å². The highest BCUT2D eigenvalue weighted by Gasteiger charge is 2.28. The van der Waals surface area contributed by atoms with Crippen LogP contribution in [0, 0.1) is 5.82 Å². The van der Waals surface area contributed by atoms with E-state index in [1.54, 1.807) is 6.07 Å². The molecule has 1 saturated heterocycles. The average molecular weight is 302 g/mol. The molecule has 1 aromatic rings. The molecule has 17 heavy (non-hydrogen) atoms. The molecule has 1 aliphatic rings. The molecule has 0 amide bonds. The lowest BCUT2D eigenvalue weighted by Crippen LogP contribution is -2.19. The van der Waals surface area contributed by atoms with Crippen LogP contribution >= 0.6 is 15.9 Å². The van der Waals surface area contributed by atoms with Crippen LogP contribution in [0.1, 0.15) is 24.9 Å². The summed E-state index contributed by atoms with van der Waals surface area (Å²) >= 11 is 3.40. The van der Waals surface area contributed by atoms with Crippen LogP contribution in [-0.4, -0.2) is 18.6 Å². The third-order valence-corrected chi connectivity index (χ3v) is 3.48. The van der Waals surface area contributed by atoms with Crippen molar-refractivity contribution in [2.75, 3.05) is 6.54 Å². The fraction of sp³-hybridized carbons (Fsp3) is 0.417. The largest absolute Gasteiger partial charge is 0.461 e. The van der Waals surface area contributed by atoms with Gasteiger partial charge in [-0.2, -0.15) is 0 Å². The number of hydrogen-bond donors (Lipinski definition) is 1. The SMILES string of the molecule is CC(=O)OC1CN[C@@H](c2cc(F)ccc2Br)C1. The first kappa shape index (κ1) is 12.5. The molecule has 92 valence electrons. The lowest BCUT2D eigenvalue weighted by atomic mass is 10.0. The maximum absolute atomic E-state index is 13.2. The summed E-state index contributed by atoms with van der Waals surface area (Å²) in [6.07, 6.45) is 0.536. The van der Waals surface area contributed by atoms with E-state index < -0.39 is 0 Å². The molecule has 0 bridgehead atoms. The fourth-order valence-corrected chi connectivity index (χ4v) is 2.57. The van der Waals surface area contributed by atoms with E-state index in [4.69, 9.17) is 4.74 Å². The van der Waals surface area contributed by atoms with Crippen molar-refractivity contribution in [3.63, 3.8) is 0 Å². The standard InChI is InChI=1S/C12H13BrFNO2/c1-7(16)17-9-5-12(15-6-9)10-4-8(14)2-3-11(10)13/h2-4,9,12,15H,5-6H2,1H3/t9?,12-/m1/s1. The molecular weight excluding hydrogens is 289 g/mol. The summed E-state index contributed by atoms with van der Waals surface area (Å²) in [5.41, 5.74) is 0.861. The second kappa shape index (κ2) is 5.14. The zero-order valence-corrected chi connectivity index (χ0v) is 11.0. The minimum absolute atomic E-state index is 0.0180. The number of halogens is 2. The van der Waals surface area contributed by atoms with Gasteiger partial charge in [-0.3, -0.25) is 4.79 Å². The summed E-state index contributed by atoms with van der Waals surface area (Å²) < 4.78 is 19.2. The van der Waals surface area contributed by atoms with E-state index in [2.05, 4.69) is 21.2 Å². The highest BCUT2D eigenvalue weighted by Crippen LogP contribution is 2.31. The van der Waals surface area contributed by atoms with Gasteiger partial charge in [0.25, 0.3) is 0 Å². The Hall–Kier alpha value is -0.940. The molecule has 1 unspecified atom stereocenters. The number of ether oxygens (including phenoxy) is 1. The molecule has 5 heteroatoms. The predicted molar refractivity (Wildman–Crippen MR) is 65.0 cm³/mol. The van der Waals surface area contributed by atoms with E-state index in [-0.39, 0.29) is 23.9 Å². The van der Waals surface area contributed by atoms with E-state index >= 15 is 0 Å². The topological polar surface area (TPSA) is 38.3 Å². The Morgan fingerprint density at radius 2 is 2.35 bits per heavy atom. The van der Waals surface area contributed by atoms with Crippen molar-refractivity contribution in [1.82, 2.24) is 5.32 Å². The Balaban J connectivity index is 2.09. The van der Waals surface area contributed by atoms with Crippen molar-refractivity contribution in [3.8, 4) is 0 Å². The van der Waals surface area contributed by atoms with Crippen molar-refractivity contribution < 1.29 is 13.9 Å². The van der Waals surface area contributed by atoms with Crippen LogP contribution in [0.5, 0.6) is 0 Å². The summed E-state index contributed by atoms with van der Waals surface area (Å²) in [6.45, 7) is 2.00. The van der Waals surface area contributed by atoms with Crippen LogP contribution in [0.25, 0.3) is 0 Å². The Labute approximate surface area is 107 Å². The maximum Gasteiger partial charge on any atom is 0.302 e. The van der Waals surface area contributed by atoms with Crippen molar-refractivity contribution in [2.45, 2.75) is 25.5 Å². The second-order valence-electron chi connectivity index (χ2n) is 4.09.